The Morgan fingerprint density at radius 2 is 1.72 bits per heavy atom. The van der Waals surface area contributed by atoms with Crippen molar-refractivity contribution in [2.45, 2.75) is 40.2 Å². The maximum atomic E-state index is 13.6. The SMILES string of the molecule is COc1ccc(CCN(Cc2sccc2C)C(=O)CN(CC(C)C)C(=O)Cc2cccs2)cc1OC. The normalized spacial score (nSPS) is 10.9. The molecule has 3 rings (SSSR count). The topological polar surface area (TPSA) is 59.1 Å². The molecule has 0 bridgehead atoms. The maximum absolute atomic E-state index is 13.6. The van der Waals surface area contributed by atoms with E-state index in [0.717, 1.165) is 15.3 Å². The summed E-state index contributed by atoms with van der Waals surface area (Å²) in [6, 6.07) is 11.8. The molecule has 0 saturated carbocycles. The molecule has 6 nitrogen and oxygen atoms in total. The van der Waals surface area contributed by atoms with Crippen molar-refractivity contribution in [3.05, 3.63) is 68.0 Å². The Labute approximate surface area is 222 Å². The van der Waals surface area contributed by atoms with Gasteiger partial charge in [0, 0.05) is 22.8 Å². The first kappa shape index (κ1) is 27.7. The summed E-state index contributed by atoms with van der Waals surface area (Å²) >= 11 is 3.22. The van der Waals surface area contributed by atoms with E-state index in [0.29, 0.717) is 44.0 Å². The first-order chi connectivity index (χ1) is 17.3. The molecule has 1 aromatic carbocycles. The summed E-state index contributed by atoms with van der Waals surface area (Å²) in [5.41, 5.74) is 2.23. The van der Waals surface area contributed by atoms with Crippen LogP contribution in [0.4, 0.5) is 0 Å². The minimum absolute atomic E-state index is 0.00774. The zero-order valence-electron chi connectivity index (χ0n) is 21.8. The fourth-order valence-corrected chi connectivity index (χ4v) is 5.58. The molecule has 0 N–H and O–H groups in total. The number of thiophene rings is 2. The lowest BCUT2D eigenvalue weighted by Gasteiger charge is -2.29. The van der Waals surface area contributed by atoms with Crippen LogP contribution in [0.1, 0.15) is 34.7 Å². The third-order valence-electron chi connectivity index (χ3n) is 5.94. The fraction of sp³-hybridized carbons (Fsp3) is 0.429. The van der Waals surface area contributed by atoms with Crippen molar-refractivity contribution >= 4 is 34.5 Å². The Morgan fingerprint density at radius 1 is 0.944 bits per heavy atom. The van der Waals surface area contributed by atoms with Gasteiger partial charge in [-0.05, 0) is 65.4 Å². The highest BCUT2D eigenvalue weighted by Crippen LogP contribution is 2.28. The van der Waals surface area contributed by atoms with Gasteiger partial charge in [-0.3, -0.25) is 9.59 Å². The molecule has 0 unspecified atom stereocenters. The van der Waals surface area contributed by atoms with Gasteiger partial charge in [0.05, 0.1) is 33.7 Å². The lowest BCUT2D eigenvalue weighted by molar-refractivity contribution is -0.140. The highest BCUT2D eigenvalue weighted by atomic mass is 32.1. The van der Waals surface area contributed by atoms with Gasteiger partial charge in [0.15, 0.2) is 11.5 Å². The van der Waals surface area contributed by atoms with Crippen molar-refractivity contribution in [3.8, 4) is 11.5 Å². The van der Waals surface area contributed by atoms with Crippen molar-refractivity contribution in [2.75, 3.05) is 33.9 Å². The lowest BCUT2D eigenvalue weighted by atomic mass is 10.1. The number of ether oxygens (including phenoxy) is 2. The molecule has 194 valence electrons. The summed E-state index contributed by atoms with van der Waals surface area (Å²) in [5.74, 6) is 1.57. The Balaban J connectivity index is 1.76. The number of methoxy groups -OCH3 is 2. The first-order valence-electron chi connectivity index (χ1n) is 12.1. The molecule has 0 saturated heterocycles. The van der Waals surface area contributed by atoms with Crippen LogP contribution in [-0.4, -0.2) is 55.5 Å². The van der Waals surface area contributed by atoms with Crippen LogP contribution in [0.15, 0.2) is 47.2 Å². The minimum Gasteiger partial charge on any atom is -0.493 e. The van der Waals surface area contributed by atoms with E-state index in [-0.39, 0.29) is 24.3 Å². The minimum atomic E-state index is -0.0385. The van der Waals surface area contributed by atoms with Crippen molar-refractivity contribution in [2.24, 2.45) is 5.92 Å². The maximum Gasteiger partial charge on any atom is 0.242 e. The summed E-state index contributed by atoms with van der Waals surface area (Å²) in [4.78, 5) is 32.5. The fourth-order valence-electron chi connectivity index (χ4n) is 3.96. The Morgan fingerprint density at radius 3 is 2.33 bits per heavy atom. The largest absolute Gasteiger partial charge is 0.493 e. The summed E-state index contributed by atoms with van der Waals surface area (Å²) < 4.78 is 10.8. The molecular formula is C28H36N2O4S2. The number of carbonyl (C=O) groups excluding carboxylic acids is 2. The molecule has 36 heavy (non-hydrogen) atoms. The third kappa shape index (κ3) is 7.83. The van der Waals surface area contributed by atoms with Gasteiger partial charge in [0.2, 0.25) is 11.8 Å². The van der Waals surface area contributed by atoms with Gasteiger partial charge in [-0.15, -0.1) is 22.7 Å². The second-order valence-corrected chi connectivity index (χ2v) is 11.2. The van der Waals surface area contributed by atoms with E-state index in [4.69, 9.17) is 9.47 Å². The highest BCUT2D eigenvalue weighted by Gasteiger charge is 2.23. The van der Waals surface area contributed by atoms with Gasteiger partial charge in [0.25, 0.3) is 0 Å². The molecule has 0 fully saturated rings. The van der Waals surface area contributed by atoms with E-state index in [1.807, 2.05) is 40.6 Å². The van der Waals surface area contributed by atoms with Gasteiger partial charge in [-0.25, -0.2) is 0 Å². The van der Waals surface area contributed by atoms with Gasteiger partial charge in [0.1, 0.15) is 0 Å². The number of hydrogen-bond donors (Lipinski definition) is 0. The quantitative estimate of drug-likeness (QED) is 0.297. The predicted octanol–water partition coefficient (Wildman–Crippen LogP) is 5.43. The van der Waals surface area contributed by atoms with Crippen molar-refractivity contribution in [1.82, 2.24) is 9.80 Å². The predicted molar refractivity (Wildman–Crippen MR) is 147 cm³/mol. The molecule has 2 amide bonds. The number of rotatable bonds is 13. The average Bonchev–Trinajstić information content (AvgIpc) is 3.52. The van der Waals surface area contributed by atoms with E-state index >= 15 is 0 Å². The van der Waals surface area contributed by atoms with Crippen molar-refractivity contribution in [3.63, 3.8) is 0 Å². The second kappa shape index (κ2) is 13.5. The smallest absolute Gasteiger partial charge is 0.242 e. The number of carbonyl (C=O) groups is 2. The van der Waals surface area contributed by atoms with Crippen LogP contribution >= 0.6 is 22.7 Å². The van der Waals surface area contributed by atoms with E-state index in [2.05, 4.69) is 32.2 Å². The Kier molecular flexibility index (Phi) is 10.4. The molecule has 0 aliphatic carbocycles. The molecular weight excluding hydrogens is 492 g/mol. The van der Waals surface area contributed by atoms with Crippen LogP contribution in [0.2, 0.25) is 0 Å². The monoisotopic (exact) mass is 528 g/mol. The zero-order chi connectivity index (χ0) is 26.1. The van der Waals surface area contributed by atoms with Crippen LogP contribution in [0, 0.1) is 12.8 Å². The number of aryl methyl sites for hydroxylation is 1. The first-order valence-corrected chi connectivity index (χ1v) is 13.9. The average molecular weight is 529 g/mol. The Bertz CT molecular complexity index is 1120. The number of hydrogen-bond acceptors (Lipinski definition) is 6. The molecule has 0 aliphatic rings. The van der Waals surface area contributed by atoms with Crippen LogP contribution < -0.4 is 9.47 Å². The molecule has 2 aromatic heterocycles. The van der Waals surface area contributed by atoms with E-state index in [1.54, 1.807) is 41.8 Å². The summed E-state index contributed by atoms with van der Waals surface area (Å²) in [6.07, 6.45) is 0.997. The molecule has 0 spiro atoms. The molecule has 0 aliphatic heterocycles. The van der Waals surface area contributed by atoms with Crippen LogP contribution in [-0.2, 0) is 29.0 Å². The van der Waals surface area contributed by atoms with E-state index in [9.17, 15) is 9.59 Å². The number of amides is 2. The molecule has 0 atom stereocenters. The Hall–Kier alpha value is -2.84. The summed E-state index contributed by atoms with van der Waals surface area (Å²) in [5, 5.41) is 4.02. The van der Waals surface area contributed by atoms with Crippen LogP contribution in [0.25, 0.3) is 0 Å². The lowest BCUT2D eigenvalue weighted by Crippen LogP contribution is -2.45. The van der Waals surface area contributed by atoms with Gasteiger partial charge in [-0.1, -0.05) is 26.0 Å². The van der Waals surface area contributed by atoms with Gasteiger partial charge in [-0.2, -0.15) is 0 Å². The number of nitrogens with zero attached hydrogens (tertiary/aromatic N) is 2. The zero-order valence-corrected chi connectivity index (χ0v) is 23.4. The number of benzene rings is 1. The third-order valence-corrected chi connectivity index (χ3v) is 7.83. The molecule has 2 heterocycles. The molecule has 0 radical (unpaired) electrons. The standard InChI is InChI=1S/C28H36N2O4S2/c1-20(2)17-30(27(31)16-23-7-6-13-35-23)19-28(32)29(18-26-21(3)11-14-36-26)12-10-22-8-9-24(33-4)25(15-22)34-5/h6-9,11,13-15,20H,10,12,16-19H2,1-5H3. The second-order valence-electron chi connectivity index (χ2n) is 9.21. The van der Waals surface area contributed by atoms with E-state index < -0.39 is 0 Å². The van der Waals surface area contributed by atoms with Crippen LogP contribution in [0.5, 0.6) is 11.5 Å². The van der Waals surface area contributed by atoms with Gasteiger partial charge >= 0.3 is 0 Å². The molecule has 3 aromatic rings. The van der Waals surface area contributed by atoms with Gasteiger partial charge < -0.3 is 19.3 Å². The van der Waals surface area contributed by atoms with Crippen molar-refractivity contribution < 1.29 is 19.1 Å². The van der Waals surface area contributed by atoms with E-state index in [1.165, 1.54) is 5.56 Å². The highest BCUT2D eigenvalue weighted by molar-refractivity contribution is 7.10. The molecule has 8 heteroatoms. The summed E-state index contributed by atoms with van der Waals surface area (Å²) in [7, 11) is 3.23. The van der Waals surface area contributed by atoms with Crippen LogP contribution in [0.3, 0.4) is 0 Å². The summed E-state index contributed by atoms with van der Waals surface area (Å²) in [6.45, 7) is 7.92. The van der Waals surface area contributed by atoms with Crippen molar-refractivity contribution in [1.29, 1.82) is 0 Å².